The number of aryl methyl sites for hydroxylation is 1. The van der Waals surface area contributed by atoms with Gasteiger partial charge in [-0.05, 0) is 31.9 Å². The summed E-state index contributed by atoms with van der Waals surface area (Å²) >= 11 is 7.23. The summed E-state index contributed by atoms with van der Waals surface area (Å²) in [4.78, 5) is 17.2. The lowest BCUT2D eigenvalue weighted by atomic mass is 10.2. The molecule has 2 heterocycles. The number of carbonyl (C=O) groups is 1. The van der Waals surface area contributed by atoms with E-state index in [1.165, 1.54) is 11.3 Å². The highest BCUT2D eigenvalue weighted by Crippen LogP contribution is 2.29. The molecule has 6 heteroatoms. The summed E-state index contributed by atoms with van der Waals surface area (Å²) in [5.74, 6) is -0.328. The fourth-order valence-corrected chi connectivity index (χ4v) is 3.40. The van der Waals surface area contributed by atoms with Gasteiger partial charge in [-0.25, -0.2) is 9.78 Å². The molecule has 4 nitrogen and oxygen atoms in total. The summed E-state index contributed by atoms with van der Waals surface area (Å²) in [7, 11) is 0. The summed E-state index contributed by atoms with van der Waals surface area (Å²) in [6.45, 7) is 2.88. The second-order valence-corrected chi connectivity index (χ2v) is 6.61. The Morgan fingerprint density at radius 2 is 2.23 bits per heavy atom. The van der Waals surface area contributed by atoms with Gasteiger partial charge < -0.3 is 9.47 Å². The van der Waals surface area contributed by atoms with Crippen molar-refractivity contribution in [2.75, 3.05) is 13.2 Å². The van der Waals surface area contributed by atoms with Crippen LogP contribution in [0.2, 0.25) is 5.02 Å². The van der Waals surface area contributed by atoms with Crippen LogP contribution in [0.25, 0.3) is 10.6 Å². The van der Waals surface area contributed by atoms with E-state index in [0.717, 1.165) is 30.0 Å². The first-order chi connectivity index (χ1) is 10.6. The molecule has 0 saturated carbocycles. The molecular formula is C16H16ClNO3S. The van der Waals surface area contributed by atoms with E-state index in [-0.39, 0.29) is 12.1 Å². The summed E-state index contributed by atoms with van der Waals surface area (Å²) in [6.07, 6.45) is 2.01. The molecule has 0 aliphatic carbocycles. The summed E-state index contributed by atoms with van der Waals surface area (Å²) in [5.41, 5.74) is 1.63. The zero-order chi connectivity index (χ0) is 15.5. The van der Waals surface area contributed by atoms with E-state index >= 15 is 0 Å². The molecule has 2 aromatic rings. The van der Waals surface area contributed by atoms with Gasteiger partial charge in [-0.1, -0.05) is 23.7 Å². The van der Waals surface area contributed by atoms with Gasteiger partial charge >= 0.3 is 5.97 Å². The van der Waals surface area contributed by atoms with Crippen molar-refractivity contribution in [3.63, 3.8) is 0 Å². The molecule has 1 aromatic carbocycles. The van der Waals surface area contributed by atoms with Crippen LogP contribution in [0.5, 0.6) is 0 Å². The number of esters is 1. The van der Waals surface area contributed by atoms with Gasteiger partial charge in [-0.3, -0.25) is 0 Å². The predicted octanol–water partition coefficient (Wildman–Crippen LogP) is 4.11. The number of ether oxygens (including phenoxy) is 2. The maximum absolute atomic E-state index is 12.2. The largest absolute Gasteiger partial charge is 0.459 e. The van der Waals surface area contributed by atoms with Crippen LogP contribution in [0.4, 0.5) is 0 Å². The maximum atomic E-state index is 12.2. The van der Waals surface area contributed by atoms with Gasteiger partial charge in [0.05, 0.1) is 11.8 Å². The van der Waals surface area contributed by atoms with Crippen molar-refractivity contribution in [2.24, 2.45) is 0 Å². The molecule has 0 amide bonds. The monoisotopic (exact) mass is 337 g/mol. The van der Waals surface area contributed by atoms with Crippen molar-refractivity contribution in [3.8, 4) is 10.6 Å². The van der Waals surface area contributed by atoms with E-state index in [1.807, 2.05) is 31.2 Å². The number of halogens is 1. The van der Waals surface area contributed by atoms with Crippen LogP contribution in [-0.2, 0) is 9.47 Å². The molecule has 1 aromatic heterocycles. The Hall–Kier alpha value is -1.43. The SMILES string of the molecule is Cc1nc(-c2ccc(Cl)cc2)sc1C(=O)OCC1CCCO1. The molecule has 3 rings (SSSR count). The Morgan fingerprint density at radius 1 is 1.45 bits per heavy atom. The highest BCUT2D eigenvalue weighted by Gasteiger charge is 2.21. The molecular weight excluding hydrogens is 322 g/mol. The molecule has 1 saturated heterocycles. The third-order valence-corrected chi connectivity index (χ3v) is 4.94. The first-order valence-electron chi connectivity index (χ1n) is 7.15. The topological polar surface area (TPSA) is 48.4 Å². The fourth-order valence-electron chi connectivity index (χ4n) is 2.31. The highest BCUT2D eigenvalue weighted by molar-refractivity contribution is 7.17. The van der Waals surface area contributed by atoms with Crippen LogP contribution in [-0.4, -0.2) is 30.3 Å². The lowest BCUT2D eigenvalue weighted by Gasteiger charge is -2.09. The molecule has 1 atom stereocenters. The van der Waals surface area contributed by atoms with Crippen LogP contribution < -0.4 is 0 Å². The molecule has 116 valence electrons. The average Bonchev–Trinajstić information content (AvgIpc) is 3.15. The standard InChI is InChI=1S/C16H16ClNO3S/c1-10-14(16(19)21-9-13-3-2-8-20-13)22-15(18-10)11-4-6-12(17)7-5-11/h4-7,13H,2-3,8-9H2,1H3. The third-order valence-electron chi connectivity index (χ3n) is 3.50. The van der Waals surface area contributed by atoms with Crippen LogP contribution >= 0.6 is 22.9 Å². The smallest absolute Gasteiger partial charge is 0.350 e. The van der Waals surface area contributed by atoms with Gasteiger partial charge in [0.1, 0.15) is 16.5 Å². The second-order valence-electron chi connectivity index (χ2n) is 5.17. The third kappa shape index (κ3) is 3.48. The average molecular weight is 338 g/mol. The van der Waals surface area contributed by atoms with Crippen molar-refractivity contribution in [3.05, 3.63) is 39.9 Å². The van der Waals surface area contributed by atoms with Crippen molar-refractivity contribution < 1.29 is 14.3 Å². The molecule has 1 unspecified atom stereocenters. The lowest BCUT2D eigenvalue weighted by Crippen LogP contribution is -2.17. The van der Waals surface area contributed by atoms with Crippen LogP contribution in [0.15, 0.2) is 24.3 Å². The Balaban J connectivity index is 1.71. The van der Waals surface area contributed by atoms with Crippen molar-refractivity contribution >= 4 is 28.9 Å². The Labute approximate surface area is 138 Å². The van der Waals surface area contributed by atoms with Crippen molar-refractivity contribution in [2.45, 2.75) is 25.9 Å². The van der Waals surface area contributed by atoms with Gasteiger partial charge in [0.25, 0.3) is 0 Å². The quantitative estimate of drug-likeness (QED) is 0.788. The number of hydrogen-bond acceptors (Lipinski definition) is 5. The number of nitrogens with zero attached hydrogens (tertiary/aromatic N) is 1. The molecule has 0 radical (unpaired) electrons. The minimum absolute atomic E-state index is 0.0351. The number of rotatable bonds is 4. The molecule has 1 aliphatic rings. The van der Waals surface area contributed by atoms with E-state index in [1.54, 1.807) is 0 Å². The van der Waals surface area contributed by atoms with E-state index in [0.29, 0.717) is 22.2 Å². The van der Waals surface area contributed by atoms with Gasteiger partial charge in [0.2, 0.25) is 0 Å². The first-order valence-corrected chi connectivity index (χ1v) is 8.35. The van der Waals surface area contributed by atoms with Gasteiger partial charge in [-0.15, -0.1) is 11.3 Å². The molecule has 0 N–H and O–H groups in total. The number of hydrogen-bond donors (Lipinski definition) is 0. The number of benzene rings is 1. The lowest BCUT2D eigenvalue weighted by molar-refractivity contribution is 0.0164. The van der Waals surface area contributed by atoms with Gasteiger partial charge in [-0.2, -0.15) is 0 Å². The molecule has 0 spiro atoms. The summed E-state index contributed by atoms with van der Waals surface area (Å²) < 4.78 is 10.8. The molecule has 0 bridgehead atoms. The van der Waals surface area contributed by atoms with Crippen LogP contribution in [0.1, 0.15) is 28.2 Å². The van der Waals surface area contributed by atoms with Crippen LogP contribution in [0, 0.1) is 6.92 Å². The number of carbonyl (C=O) groups excluding carboxylic acids is 1. The normalized spacial score (nSPS) is 17.6. The molecule has 22 heavy (non-hydrogen) atoms. The zero-order valence-corrected chi connectivity index (χ0v) is 13.7. The van der Waals surface area contributed by atoms with E-state index in [4.69, 9.17) is 21.1 Å². The van der Waals surface area contributed by atoms with Crippen LogP contribution in [0.3, 0.4) is 0 Å². The number of thiazole rings is 1. The number of aromatic nitrogens is 1. The van der Waals surface area contributed by atoms with Crippen molar-refractivity contribution in [1.29, 1.82) is 0 Å². The predicted molar refractivity (Wildman–Crippen MR) is 86.6 cm³/mol. The fraction of sp³-hybridized carbons (Fsp3) is 0.375. The van der Waals surface area contributed by atoms with E-state index < -0.39 is 0 Å². The Morgan fingerprint density at radius 3 is 2.91 bits per heavy atom. The second kappa shape index (κ2) is 6.77. The van der Waals surface area contributed by atoms with E-state index in [9.17, 15) is 4.79 Å². The summed E-state index contributed by atoms with van der Waals surface area (Å²) in [6, 6.07) is 7.40. The minimum atomic E-state index is -0.328. The Kier molecular flexibility index (Phi) is 4.76. The molecule has 1 aliphatic heterocycles. The summed E-state index contributed by atoms with van der Waals surface area (Å²) in [5, 5.41) is 1.46. The van der Waals surface area contributed by atoms with Gasteiger partial charge in [0.15, 0.2) is 0 Å². The zero-order valence-electron chi connectivity index (χ0n) is 12.2. The maximum Gasteiger partial charge on any atom is 0.350 e. The minimum Gasteiger partial charge on any atom is -0.459 e. The Bertz CT molecular complexity index is 663. The molecule has 1 fully saturated rings. The van der Waals surface area contributed by atoms with E-state index in [2.05, 4.69) is 4.98 Å². The highest BCUT2D eigenvalue weighted by atomic mass is 35.5. The van der Waals surface area contributed by atoms with Gasteiger partial charge in [0, 0.05) is 17.2 Å². The first kappa shape index (κ1) is 15.5. The van der Waals surface area contributed by atoms with Crippen molar-refractivity contribution in [1.82, 2.24) is 4.98 Å².